The molecule has 0 aromatic heterocycles. The predicted molar refractivity (Wildman–Crippen MR) is 346 cm³/mol. The minimum absolute atomic E-state index is 0.0312. The molecule has 4 atom stereocenters. The summed E-state index contributed by atoms with van der Waals surface area (Å²) in [6, 6.07) is 28.8. The summed E-state index contributed by atoms with van der Waals surface area (Å²) in [6.45, 7) is 10.1. The quantitative estimate of drug-likeness (QED) is 0.0510. The largest absolute Gasteiger partial charge is 0.395 e. The van der Waals surface area contributed by atoms with Crippen LogP contribution in [0.25, 0.3) is 0 Å². The molecule has 1 saturated heterocycles. The molecule has 13 N–H and O–H groups in total. The van der Waals surface area contributed by atoms with Gasteiger partial charge in [0.05, 0.1) is 42.4 Å². The monoisotopic (exact) mass is 1240 g/mol. The van der Waals surface area contributed by atoms with Gasteiger partial charge in [0, 0.05) is 160 Å². The standard InChI is InChI=1S/C14H19N3O2.C13H19N3O2.2C12H17N3O2.C10H15N3O3S/c1-15-11-5-4-10-8-17(9-12-3-2-6-19-12)14(18)16-13(10)7-11;1-9(17)7-16-8-10-4-5-11(14-2)6-12(10)15(3)13(16)18;2*1-8(16)6-15-7-9-3-4-10(13-2)5-11(9)14-12(15)17;1-11-9-3-2-8-7-13(4-5-14)17(15,16)12-10(8)6-9/h4-5,7,12,15H,2-3,6,8-9H2,1H3,(H,16,18);4-6,9,14,17H,7-8H2,1-3H3;2*3-5,8,13,16H,6-7H2,1-2H3,(H,14,17);2-3,6,11-12,14H,4-5,7H2,1H3/t;;8-;;/m..1../s1. The Morgan fingerprint density at radius 1 is 0.534 bits per heavy atom. The van der Waals surface area contributed by atoms with E-state index in [0.717, 1.165) is 98.5 Å². The summed E-state index contributed by atoms with van der Waals surface area (Å²) < 4.78 is 32.9. The van der Waals surface area contributed by atoms with Crippen molar-refractivity contribution in [1.29, 1.82) is 0 Å². The Balaban J connectivity index is 0.000000157. The lowest BCUT2D eigenvalue weighted by Gasteiger charge is -2.35. The van der Waals surface area contributed by atoms with Gasteiger partial charge in [-0.05, 0) is 122 Å². The number of amides is 8. The molecular formula is C61H87N15O11S. The molecule has 11 rings (SSSR count). The molecule has 0 saturated carbocycles. The van der Waals surface area contributed by atoms with Crippen LogP contribution in [0.5, 0.6) is 0 Å². The number of carbonyl (C=O) groups is 4. The minimum Gasteiger partial charge on any atom is -0.395 e. The van der Waals surface area contributed by atoms with Crippen LogP contribution in [0.1, 0.15) is 61.4 Å². The molecule has 5 aromatic rings. The maximum absolute atomic E-state index is 12.1. The smallest absolute Gasteiger partial charge is 0.324 e. The highest BCUT2D eigenvalue weighted by Gasteiger charge is 2.32. The second-order valence-corrected chi connectivity index (χ2v) is 23.8. The lowest BCUT2D eigenvalue weighted by molar-refractivity contribution is 0.0812. The zero-order valence-corrected chi connectivity index (χ0v) is 52.4. The van der Waals surface area contributed by atoms with Crippen molar-refractivity contribution >= 4 is 91.2 Å². The predicted octanol–water partition coefficient (Wildman–Crippen LogP) is 6.84. The highest BCUT2D eigenvalue weighted by atomic mass is 32.2. The van der Waals surface area contributed by atoms with E-state index < -0.39 is 28.5 Å². The summed E-state index contributed by atoms with van der Waals surface area (Å²) in [6.07, 6.45) is 0.805. The van der Waals surface area contributed by atoms with Crippen LogP contribution in [-0.2, 0) is 47.7 Å². The number of nitrogens with zero attached hydrogens (tertiary/aromatic N) is 6. The van der Waals surface area contributed by atoms with Crippen LogP contribution in [0.3, 0.4) is 0 Å². The number of fused-ring (bicyclic) bond motifs is 5. The zero-order valence-electron chi connectivity index (χ0n) is 51.6. The second kappa shape index (κ2) is 31.0. The molecule has 6 heterocycles. The Morgan fingerprint density at radius 3 is 1.32 bits per heavy atom. The molecule has 8 amide bonds. The summed E-state index contributed by atoms with van der Waals surface area (Å²) in [7, 11) is 7.41. The van der Waals surface area contributed by atoms with E-state index in [2.05, 4.69) is 53.3 Å². The number of nitrogens with one attached hydrogen (secondary N) is 9. The van der Waals surface area contributed by atoms with Crippen LogP contribution in [-0.4, -0.2) is 190 Å². The molecule has 0 spiro atoms. The van der Waals surface area contributed by atoms with Gasteiger partial charge in [0.15, 0.2) is 0 Å². The van der Waals surface area contributed by atoms with Gasteiger partial charge in [-0.2, -0.15) is 12.7 Å². The van der Waals surface area contributed by atoms with E-state index >= 15 is 0 Å². The number of rotatable bonds is 15. The van der Waals surface area contributed by atoms with Crippen molar-refractivity contribution in [2.24, 2.45) is 0 Å². The molecular weight excluding hydrogens is 1150 g/mol. The first-order valence-electron chi connectivity index (χ1n) is 29.3. The molecule has 26 nitrogen and oxygen atoms in total. The van der Waals surface area contributed by atoms with E-state index in [4.69, 9.17) is 9.84 Å². The molecule has 0 bridgehead atoms. The van der Waals surface area contributed by atoms with E-state index in [-0.39, 0.29) is 49.9 Å². The average molecular weight is 1240 g/mol. The molecule has 6 aliphatic heterocycles. The number of aliphatic hydroxyl groups excluding tert-OH is 4. The maximum atomic E-state index is 12.1. The van der Waals surface area contributed by atoms with Crippen molar-refractivity contribution in [1.82, 2.24) is 23.9 Å². The van der Waals surface area contributed by atoms with Crippen molar-refractivity contribution in [3.63, 3.8) is 0 Å². The third kappa shape index (κ3) is 17.9. The molecule has 478 valence electrons. The van der Waals surface area contributed by atoms with E-state index in [9.17, 15) is 42.9 Å². The molecule has 0 radical (unpaired) electrons. The second-order valence-electron chi connectivity index (χ2n) is 22.1. The molecule has 0 aliphatic carbocycles. The number of anilines is 10. The highest BCUT2D eigenvalue weighted by molar-refractivity contribution is 7.90. The zero-order chi connectivity index (χ0) is 63.8. The van der Waals surface area contributed by atoms with Crippen molar-refractivity contribution < 1.29 is 52.8 Å². The Bertz CT molecular complexity index is 3250. The highest BCUT2D eigenvalue weighted by Crippen LogP contribution is 2.33. The van der Waals surface area contributed by atoms with E-state index in [1.54, 1.807) is 60.5 Å². The maximum Gasteiger partial charge on any atom is 0.324 e. The van der Waals surface area contributed by atoms with Crippen molar-refractivity contribution in [3.05, 3.63) is 119 Å². The Kier molecular flexibility index (Phi) is 23.7. The van der Waals surface area contributed by atoms with Crippen molar-refractivity contribution in [2.75, 3.05) is 140 Å². The summed E-state index contributed by atoms with van der Waals surface area (Å²) in [4.78, 5) is 56.1. The third-order valence-corrected chi connectivity index (χ3v) is 16.6. The molecule has 27 heteroatoms. The van der Waals surface area contributed by atoms with Gasteiger partial charge in [-0.25, -0.2) is 19.2 Å². The SMILES string of the molecule is CNc1ccc2c(c1)N(C)C(=O)N(CC(C)O)C2.CNc1ccc2c(c1)NC(=O)N(CC(C)O)C2.CNc1ccc2c(c1)NC(=O)N(CC1CCCO1)C2.CNc1ccc2c(c1)NC(=O)N(C[C@@H](C)O)C2.CNc1ccc2c(c1)NS(=O)(=O)N(CCO)C2. The number of β-amino-alcohol motifs (C(OH)–C–C–N with tert-alkyl or cyclic N) is 4. The summed E-state index contributed by atoms with van der Waals surface area (Å²) in [5, 5.41) is 60.7. The van der Waals surface area contributed by atoms with Crippen LogP contribution >= 0.6 is 0 Å². The van der Waals surface area contributed by atoms with E-state index in [0.29, 0.717) is 58.0 Å². The first kappa shape index (κ1) is 67.2. The van der Waals surface area contributed by atoms with Crippen LogP contribution in [0.15, 0.2) is 91.0 Å². The Hall–Kier alpha value is -8.31. The van der Waals surface area contributed by atoms with Crippen molar-refractivity contribution in [2.45, 2.75) is 90.8 Å². The first-order valence-corrected chi connectivity index (χ1v) is 30.8. The number of hydrogen-bond donors (Lipinski definition) is 13. The lowest BCUT2D eigenvalue weighted by Crippen LogP contribution is -2.47. The fourth-order valence-electron chi connectivity index (χ4n) is 10.5. The average Bonchev–Trinajstić information content (AvgIpc) is 3.89. The Morgan fingerprint density at radius 2 is 0.909 bits per heavy atom. The van der Waals surface area contributed by atoms with Gasteiger partial charge in [0.25, 0.3) is 0 Å². The van der Waals surface area contributed by atoms with Crippen LogP contribution in [0, 0.1) is 0 Å². The number of aliphatic hydroxyl groups is 4. The molecule has 5 aromatic carbocycles. The van der Waals surface area contributed by atoms with Crippen molar-refractivity contribution in [3.8, 4) is 0 Å². The molecule has 1 fully saturated rings. The number of hydrogen-bond acceptors (Lipinski definition) is 16. The van der Waals surface area contributed by atoms with E-state index in [1.807, 2.05) is 112 Å². The Labute approximate surface area is 515 Å². The normalized spacial score (nSPS) is 17.9. The van der Waals surface area contributed by atoms with Gasteiger partial charge < -0.3 is 87.3 Å². The number of benzene rings is 5. The van der Waals surface area contributed by atoms with Gasteiger partial charge in [-0.3, -0.25) is 9.62 Å². The number of carbonyl (C=O) groups excluding carboxylic acids is 4. The van der Waals surface area contributed by atoms with Gasteiger partial charge in [-0.15, -0.1) is 0 Å². The van der Waals surface area contributed by atoms with Gasteiger partial charge in [0.1, 0.15) is 0 Å². The molecule has 3 unspecified atom stereocenters. The van der Waals surface area contributed by atoms with Gasteiger partial charge >= 0.3 is 34.3 Å². The molecule has 88 heavy (non-hydrogen) atoms. The summed E-state index contributed by atoms with van der Waals surface area (Å²) in [5.41, 5.74) is 14.1. The topological polar surface area (TPSA) is 320 Å². The molecule has 6 aliphatic rings. The lowest BCUT2D eigenvalue weighted by atomic mass is 10.1. The third-order valence-electron chi connectivity index (χ3n) is 15.1. The van der Waals surface area contributed by atoms with Crippen LogP contribution < -0.4 is 52.2 Å². The summed E-state index contributed by atoms with van der Waals surface area (Å²) in [5.74, 6) is 0. The fourth-order valence-corrected chi connectivity index (χ4v) is 11.7. The van der Waals surface area contributed by atoms with Crippen LogP contribution in [0.2, 0.25) is 0 Å². The minimum atomic E-state index is -3.53. The number of urea groups is 4. The van der Waals surface area contributed by atoms with E-state index in [1.165, 1.54) is 4.31 Å². The summed E-state index contributed by atoms with van der Waals surface area (Å²) >= 11 is 0. The first-order chi connectivity index (χ1) is 42.0. The fraction of sp³-hybridized carbons (Fsp3) is 0.443. The number of ether oxygens (including phenoxy) is 1. The van der Waals surface area contributed by atoms with Gasteiger partial charge in [0.2, 0.25) is 0 Å². The van der Waals surface area contributed by atoms with Crippen LogP contribution in [0.4, 0.5) is 76.1 Å². The van der Waals surface area contributed by atoms with Gasteiger partial charge in [-0.1, -0.05) is 30.3 Å².